The molecular weight excluding hydrogens is 383 g/mol. The van der Waals surface area contributed by atoms with Crippen molar-refractivity contribution in [1.29, 1.82) is 0 Å². The molecule has 156 valence electrons. The van der Waals surface area contributed by atoms with Gasteiger partial charge in [-0.05, 0) is 17.7 Å². The van der Waals surface area contributed by atoms with Crippen molar-refractivity contribution in [2.75, 3.05) is 32.8 Å². The summed E-state index contributed by atoms with van der Waals surface area (Å²) in [5.74, 6) is -2.18. The number of benzene rings is 1. The Morgan fingerprint density at radius 2 is 1.90 bits per heavy atom. The van der Waals surface area contributed by atoms with Gasteiger partial charge in [-0.1, -0.05) is 12.1 Å². The molecule has 0 radical (unpaired) electrons. The van der Waals surface area contributed by atoms with Crippen molar-refractivity contribution < 1.29 is 24.1 Å². The van der Waals surface area contributed by atoms with E-state index in [1.807, 2.05) is 4.90 Å². The fraction of sp³-hybridized carbons (Fsp3) is 0.421. The van der Waals surface area contributed by atoms with E-state index in [9.17, 15) is 24.2 Å². The van der Waals surface area contributed by atoms with Crippen LogP contribution in [0.2, 0.25) is 0 Å². The second kappa shape index (κ2) is 9.12. The molecule has 0 aliphatic carbocycles. The van der Waals surface area contributed by atoms with Gasteiger partial charge in [0.25, 0.3) is 11.5 Å². The molecule has 29 heavy (non-hydrogen) atoms. The number of carbonyl (C=O) groups excluding carboxylic acids is 1. The standard InChI is InChI=1S/C19H23FN4O5/c20-13-3-1-12(2-4-13)9-15-22-16(18(21)27)17(26)19(28)24(15)11-14(25)10-23-5-7-29-8-6-23/h1-4,14,25-26H,5-11H2,(H2,21,27). The van der Waals surface area contributed by atoms with Crippen molar-refractivity contribution in [2.45, 2.75) is 19.1 Å². The molecule has 0 bridgehead atoms. The van der Waals surface area contributed by atoms with Gasteiger partial charge < -0.3 is 20.7 Å². The van der Waals surface area contributed by atoms with E-state index >= 15 is 0 Å². The minimum Gasteiger partial charge on any atom is -0.501 e. The van der Waals surface area contributed by atoms with E-state index in [-0.39, 0.29) is 18.8 Å². The highest BCUT2D eigenvalue weighted by Crippen LogP contribution is 2.14. The molecule has 1 aliphatic heterocycles. The van der Waals surface area contributed by atoms with Crippen molar-refractivity contribution >= 4 is 5.91 Å². The quantitative estimate of drug-likeness (QED) is 0.563. The van der Waals surface area contributed by atoms with Crippen LogP contribution in [0.4, 0.5) is 4.39 Å². The number of aromatic nitrogens is 2. The molecule has 1 atom stereocenters. The van der Waals surface area contributed by atoms with Gasteiger partial charge in [0.05, 0.1) is 25.9 Å². The number of hydrogen-bond acceptors (Lipinski definition) is 7. The third-order valence-corrected chi connectivity index (χ3v) is 4.70. The summed E-state index contributed by atoms with van der Waals surface area (Å²) in [7, 11) is 0. The van der Waals surface area contributed by atoms with Crippen molar-refractivity contribution in [1.82, 2.24) is 14.5 Å². The first kappa shape index (κ1) is 20.9. The van der Waals surface area contributed by atoms with Gasteiger partial charge in [0, 0.05) is 26.1 Å². The Balaban J connectivity index is 1.90. The molecule has 1 fully saturated rings. The zero-order valence-electron chi connectivity index (χ0n) is 15.8. The number of morpholine rings is 1. The molecule has 2 heterocycles. The molecule has 1 amide bonds. The number of amides is 1. The molecule has 1 aromatic carbocycles. The lowest BCUT2D eigenvalue weighted by molar-refractivity contribution is 0.0111. The second-order valence-corrected chi connectivity index (χ2v) is 6.88. The number of primary amides is 1. The van der Waals surface area contributed by atoms with Gasteiger partial charge in [-0.25, -0.2) is 9.37 Å². The Hall–Kier alpha value is -2.82. The maximum atomic E-state index is 13.2. The number of aliphatic hydroxyl groups excluding tert-OH is 1. The van der Waals surface area contributed by atoms with Gasteiger partial charge in [-0.2, -0.15) is 0 Å². The molecule has 4 N–H and O–H groups in total. The number of aliphatic hydroxyl groups is 1. The Labute approximate surface area is 166 Å². The molecule has 1 unspecified atom stereocenters. The van der Waals surface area contributed by atoms with Crippen LogP contribution in [0.3, 0.4) is 0 Å². The van der Waals surface area contributed by atoms with Gasteiger partial charge in [0.1, 0.15) is 11.6 Å². The van der Waals surface area contributed by atoms with Gasteiger partial charge in [-0.3, -0.25) is 19.1 Å². The van der Waals surface area contributed by atoms with Crippen molar-refractivity contribution in [3.8, 4) is 5.75 Å². The number of ether oxygens (including phenoxy) is 1. The van der Waals surface area contributed by atoms with Crippen LogP contribution in [0, 0.1) is 5.82 Å². The predicted octanol–water partition coefficient (Wildman–Crippen LogP) is -0.529. The van der Waals surface area contributed by atoms with Crippen LogP contribution in [0.15, 0.2) is 29.1 Å². The Morgan fingerprint density at radius 3 is 2.52 bits per heavy atom. The van der Waals surface area contributed by atoms with Crippen LogP contribution in [-0.4, -0.2) is 69.5 Å². The Morgan fingerprint density at radius 1 is 1.24 bits per heavy atom. The SMILES string of the molecule is NC(=O)c1nc(Cc2ccc(F)cc2)n(CC(O)CN2CCOCC2)c(=O)c1O. The maximum absolute atomic E-state index is 13.2. The lowest BCUT2D eigenvalue weighted by Crippen LogP contribution is -2.43. The number of halogens is 1. The van der Waals surface area contributed by atoms with E-state index in [0.29, 0.717) is 38.4 Å². The summed E-state index contributed by atoms with van der Waals surface area (Å²) in [5, 5.41) is 20.5. The van der Waals surface area contributed by atoms with E-state index in [0.717, 1.165) is 4.57 Å². The average Bonchev–Trinajstić information content (AvgIpc) is 2.69. The van der Waals surface area contributed by atoms with Crippen LogP contribution in [0.1, 0.15) is 21.9 Å². The van der Waals surface area contributed by atoms with Crippen molar-refractivity contribution in [3.63, 3.8) is 0 Å². The third kappa shape index (κ3) is 5.17. The lowest BCUT2D eigenvalue weighted by Gasteiger charge is -2.29. The van der Waals surface area contributed by atoms with Crippen molar-refractivity contribution in [2.24, 2.45) is 5.73 Å². The highest BCUT2D eigenvalue weighted by atomic mass is 19.1. The van der Waals surface area contributed by atoms with E-state index in [4.69, 9.17) is 10.5 Å². The molecule has 9 nitrogen and oxygen atoms in total. The predicted molar refractivity (Wildman–Crippen MR) is 101 cm³/mol. The Kier molecular flexibility index (Phi) is 6.57. The van der Waals surface area contributed by atoms with Crippen molar-refractivity contribution in [3.05, 3.63) is 57.5 Å². The van der Waals surface area contributed by atoms with E-state index in [1.54, 1.807) is 0 Å². The van der Waals surface area contributed by atoms with Gasteiger partial charge in [0.2, 0.25) is 5.75 Å². The third-order valence-electron chi connectivity index (χ3n) is 4.70. The fourth-order valence-electron chi connectivity index (χ4n) is 3.22. The van der Waals surface area contributed by atoms with Gasteiger partial charge in [0.15, 0.2) is 5.69 Å². The zero-order chi connectivity index (χ0) is 21.0. The normalized spacial score (nSPS) is 15.9. The zero-order valence-corrected chi connectivity index (χ0v) is 15.8. The van der Waals surface area contributed by atoms with E-state index in [2.05, 4.69) is 4.98 Å². The number of nitrogens with two attached hydrogens (primary N) is 1. The molecule has 3 rings (SSSR count). The first-order chi connectivity index (χ1) is 13.8. The van der Waals surface area contributed by atoms with Gasteiger partial charge in [-0.15, -0.1) is 0 Å². The number of aromatic hydroxyl groups is 1. The number of hydrogen-bond donors (Lipinski definition) is 3. The maximum Gasteiger partial charge on any atom is 0.296 e. The molecule has 1 aliphatic rings. The monoisotopic (exact) mass is 406 g/mol. The van der Waals surface area contributed by atoms with Crippen LogP contribution in [-0.2, 0) is 17.7 Å². The summed E-state index contributed by atoms with van der Waals surface area (Å²) >= 11 is 0. The van der Waals surface area contributed by atoms with E-state index < -0.39 is 34.8 Å². The van der Waals surface area contributed by atoms with Gasteiger partial charge >= 0.3 is 0 Å². The van der Waals surface area contributed by atoms with Crippen LogP contribution >= 0.6 is 0 Å². The minimum absolute atomic E-state index is 0.0837. The largest absolute Gasteiger partial charge is 0.501 e. The number of nitrogens with zero attached hydrogens (tertiary/aromatic N) is 3. The smallest absolute Gasteiger partial charge is 0.296 e. The molecule has 2 aromatic rings. The fourth-order valence-corrected chi connectivity index (χ4v) is 3.22. The lowest BCUT2D eigenvalue weighted by atomic mass is 10.1. The van der Waals surface area contributed by atoms with Crippen LogP contribution in [0.5, 0.6) is 5.75 Å². The topological polar surface area (TPSA) is 131 Å². The minimum atomic E-state index is -1.04. The summed E-state index contributed by atoms with van der Waals surface area (Å²) in [6, 6.07) is 5.57. The highest BCUT2D eigenvalue weighted by molar-refractivity contribution is 5.93. The highest BCUT2D eigenvalue weighted by Gasteiger charge is 2.22. The van der Waals surface area contributed by atoms with Crippen LogP contribution in [0.25, 0.3) is 0 Å². The number of carbonyl (C=O) groups is 1. The van der Waals surface area contributed by atoms with E-state index in [1.165, 1.54) is 24.3 Å². The molecular formula is C19H23FN4O5. The number of rotatable bonds is 7. The molecule has 10 heteroatoms. The first-order valence-corrected chi connectivity index (χ1v) is 9.20. The summed E-state index contributed by atoms with van der Waals surface area (Å²) < 4.78 is 19.6. The summed E-state index contributed by atoms with van der Waals surface area (Å²) in [4.78, 5) is 30.3. The first-order valence-electron chi connectivity index (χ1n) is 9.20. The molecule has 0 saturated carbocycles. The summed E-state index contributed by atoms with van der Waals surface area (Å²) in [5.41, 5.74) is 4.44. The Bertz CT molecular complexity index is 925. The average molecular weight is 406 g/mol. The molecule has 0 spiro atoms. The summed E-state index contributed by atoms with van der Waals surface area (Å²) in [6.07, 6.45) is -0.834. The molecule has 1 aromatic heterocycles. The summed E-state index contributed by atoms with van der Waals surface area (Å²) in [6.45, 7) is 2.64. The number of β-amino-alcohol motifs (C(OH)–C–C–N with tert-alkyl or cyclic N) is 1. The molecule has 1 saturated heterocycles. The van der Waals surface area contributed by atoms with Crippen LogP contribution < -0.4 is 11.3 Å². The second-order valence-electron chi connectivity index (χ2n) is 6.88.